The minimum atomic E-state index is -0.523. The summed E-state index contributed by atoms with van der Waals surface area (Å²) in [7, 11) is 0. The Bertz CT molecular complexity index is 1830. The number of benzene rings is 1. The van der Waals surface area contributed by atoms with Crippen molar-refractivity contribution in [2.24, 2.45) is 11.3 Å². The molecule has 0 bridgehead atoms. The average Bonchev–Trinajstić information content (AvgIpc) is 3.04. The third-order valence-electron chi connectivity index (χ3n) is 11.1. The van der Waals surface area contributed by atoms with Crippen molar-refractivity contribution < 1.29 is 28.2 Å². The molecule has 1 saturated carbocycles. The number of likely N-dealkylation sites (tertiary alicyclic amines) is 1. The van der Waals surface area contributed by atoms with Crippen molar-refractivity contribution in [3.05, 3.63) is 59.4 Å². The van der Waals surface area contributed by atoms with E-state index in [2.05, 4.69) is 31.9 Å². The van der Waals surface area contributed by atoms with E-state index in [1.54, 1.807) is 9.80 Å². The minimum Gasteiger partial charge on any atom is -0.490 e. The number of rotatable bonds is 10. The average molecular weight is 731 g/mol. The van der Waals surface area contributed by atoms with Gasteiger partial charge in [0.25, 0.3) is 11.8 Å². The molecule has 3 aliphatic heterocycles. The van der Waals surface area contributed by atoms with Crippen LogP contribution in [0.1, 0.15) is 82.9 Å². The van der Waals surface area contributed by atoms with Gasteiger partial charge in [0.2, 0.25) is 0 Å². The summed E-state index contributed by atoms with van der Waals surface area (Å²) in [6, 6.07) is 6.16. The van der Waals surface area contributed by atoms with Crippen molar-refractivity contribution in [2.75, 3.05) is 44.2 Å². The van der Waals surface area contributed by atoms with Gasteiger partial charge >= 0.3 is 6.09 Å². The van der Waals surface area contributed by atoms with Crippen LogP contribution in [0.15, 0.2) is 36.8 Å². The Balaban J connectivity index is 0.947. The molecule has 1 atom stereocenters. The third kappa shape index (κ3) is 7.60. The highest BCUT2D eigenvalue weighted by Crippen LogP contribution is 2.52. The van der Waals surface area contributed by atoms with E-state index in [9.17, 15) is 14.0 Å². The smallest absolute Gasteiger partial charge is 0.410 e. The molecule has 2 aromatic heterocycles. The Morgan fingerprint density at radius 1 is 1.08 bits per heavy atom. The number of hydrogen-bond donors (Lipinski definition) is 0. The van der Waals surface area contributed by atoms with Crippen LogP contribution in [0, 0.1) is 17.2 Å². The van der Waals surface area contributed by atoms with Gasteiger partial charge in [0, 0.05) is 93.1 Å². The Morgan fingerprint density at radius 2 is 1.83 bits per heavy atom. The topological polar surface area (TPSA) is 126 Å². The first-order valence-corrected chi connectivity index (χ1v) is 18.8. The Labute approximate surface area is 310 Å². The predicted octanol–water partition coefficient (Wildman–Crippen LogP) is 5.73. The zero-order valence-corrected chi connectivity index (χ0v) is 31.8. The molecule has 13 nitrogen and oxygen atoms in total. The molecule has 53 heavy (non-hydrogen) atoms. The molecule has 5 heterocycles. The summed E-state index contributed by atoms with van der Waals surface area (Å²) in [6.45, 7) is 18.8. The lowest BCUT2D eigenvalue weighted by Gasteiger charge is -2.58. The first kappa shape index (κ1) is 36.8. The van der Waals surface area contributed by atoms with Gasteiger partial charge in [0.1, 0.15) is 35.3 Å². The maximum atomic E-state index is 14.3. The molecular weight excluding hydrogens is 679 g/mol. The van der Waals surface area contributed by atoms with Crippen molar-refractivity contribution in [1.82, 2.24) is 34.9 Å². The molecule has 1 aromatic carbocycles. The second kappa shape index (κ2) is 14.3. The van der Waals surface area contributed by atoms with Gasteiger partial charge in [-0.15, -0.1) is 10.2 Å². The Hall–Kier alpha value is -4.59. The van der Waals surface area contributed by atoms with E-state index < -0.39 is 11.4 Å². The molecule has 284 valence electrons. The zero-order chi connectivity index (χ0) is 37.7. The molecule has 0 radical (unpaired) electrons. The summed E-state index contributed by atoms with van der Waals surface area (Å²) in [4.78, 5) is 43.1. The van der Waals surface area contributed by atoms with E-state index in [4.69, 9.17) is 19.2 Å². The van der Waals surface area contributed by atoms with Gasteiger partial charge in [-0.25, -0.2) is 14.2 Å². The fourth-order valence-electron chi connectivity index (χ4n) is 8.12. The van der Waals surface area contributed by atoms with E-state index in [0.29, 0.717) is 37.4 Å². The van der Waals surface area contributed by atoms with Crippen LogP contribution in [-0.2, 0) is 17.7 Å². The number of hydrogen-bond acceptors (Lipinski definition) is 11. The van der Waals surface area contributed by atoms with Crippen molar-refractivity contribution >= 4 is 17.8 Å². The maximum Gasteiger partial charge on any atom is 0.410 e. The SMILES string of the molecule is CCN(C(=O)c1cc(F)ccc1Oc1nncnc1N1CC2(CC(Oc3ccnc4c3CN(C(C)C3CN(C(=O)OC(C)(C)C)C3)CC4)C2)C1)C(C)C. The maximum absolute atomic E-state index is 14.3. The number of nitrogens with zero attached hydrogens (tertiary/aromatic N) is 8. The third-order valence-corrected chi connectivity index (χ3v) is 11.1. The van der Waals surface area contributed by atoms with Crippen LogP contribution in [0.4, 0.5) is 15.0 Å². The molecule has 1 aliphatic carbocycles. The van der Waals surface area contributed by atoms with Gasteiger partial charge in [-0.3, -0.25) is 14.7 Å². The number of carbonyl (C=O) groups is 2. The molecule has 4 aliphatic rings. The molecule has 7 rings (SSSR count). The highest BCUT2D eigenvalue weighted by Gasteiger charge is 2.54. The molecule has 1 spiro atoms. The highest BCUT2D eigenvalue weighted by atomic mass is 19.1. The first-order chi connectivity index (χ1) is 25.2. The molecule has 1 unspecified atom stereocenters. The summed E-state index contributed by atoms with van der Waals surface area (Å²) < 4.78 is 32.7. The van der Waals surface area contributed by atoms with Crippen LogP contribution in [0.5, 0.6) is 17.4 Å². The normalized spacial score (nSPS) is 19.2. The number of pyridine rings is 1. The number of ether oxygens (including phenoxy) is 3. The lowest BCUT2D eigenvalue weighted by Crippen LogP contribution is -2.65. The van der Waals surface area contributed by atoms with Gasteiger partial charge < -0.3 is 28.9 Å². The van der Waals surface area contributed by atoms with E-state index in [0.717, 1.165) is 62.4 Å². The van der Waals surface area contributed by atoms with Crippen LogP contribution in [-0.4, -0.2) is 110 Å². The summed E-state index contributed by atoms with van der Waals surface area (Å²) >= 11 is 0. The summed E-state index contributed by atoms with van der Waals surface area (Å²) in [5.74, 6) is 1.37. The fraction of sp³-hybridized carbons (Fsp3) is 0.590. The summed E-state index contributed by atoms with van der Waals surface area (Å²) in [5, 5.41) is 8.16. The number of halogens is 1. The van der Waals surface area contributed by atoms with Crippen molar-refractivity contribution in [2.45, 2.75) is 98.1 Å². The van der Waals surface area contributed by atoms with Crippen molar-refractivity contribution in [1.29, 1.82) is 0 Å². The molecule has 3 aromatic rings. The molecule has 0 N–H and O–H groups in total. The number of amides is 2. The molecular formula is C39H51FN8O5. The van der Waals surface area contributed by atoms with Gasteiger partial charge in [-0.2, -0.15) is 0 Å². The second-order valence-corrected chi connectivity index (χ2v) is 16.4. The molecule has 2 amide bonds. The number of anilines is 1. The Morgan fingerprint density at radius 3 is 2.53 bits per heavy atom. The second-order valence-electron chi connectivity index (χ2n) is 16.4. The predicted molar refractivity (Wildman–Crippen MR) is 196 cm³/mol. The van der Waals surface area contributed by atoms with E-state index >= 15 is 0 Å². The van der Waals surface area contributed by atoms with Crippen LogP contribution >= 0.6 is 0 Å². The zero-order valence-electron chi connectivity index (χ0n) is 31.8. The molecule has 14 heteroatoms. The van der Waals surface area contributed by atoms with Crippen molar-refractivity contribution in [3.63, 3.8) is 0 Å². The molecule has 3 fully saturated rings. The van der Waals surface area contributed by atoms with Gasteiger partial charge in [0.15, 0.2) is 5.82 Å². The van der Waals surface area contributed by atoms with E-state index in [-0.39, 0.29) is 46.8 Å². The minimum absolute atomic E-state index is 0.0651. The van der Waals surface area contributed by atoms with E-state index in [1.807, 2.05) is 53.8 Å². The highest BCUT2D eigenvalue weighted by molar-refractivity contribution is 5.97. The van der Waals surface area contributed by atoms with E-state index in [1.165, 1.54) is 24.5 Å². The number of fused-ring (bicyclic) bond motifs is 1. The molecule has 2 saturated heterocycles. The van der Waals surface area contributed by atoms with Crippen LogP contribution in [0.3, 0.4) is 0 Å². The fourth-order valence-corrected chi connectivity index (χ4v) is 8.12. The summed E-state index contributed by atoms with van der Waals surface area (Å²) in [6.07, 6.45) is 5.78. The van der Waals surface area contributed by atoms with Crippen molar-refractivity contribution in [3.8, 4) is 17.4 Å². The number of aromatic nitrogens is 4. The quantitative estimate of drug-likeness (QED) is 0.254. The van der Waals surface area contributed by atoms with Gasteiger partial charge in [-0.05, 0) is 85.6 Å². The van der Waals surface area contributed by atoms with Gasteiger partial charge in [-0.1, -0.05) is 0 Å². The first-order valence-electron chi connectivity index (χ1n) is 18.8. The lowest BCUT2D eigenvalue weighted by molar-refractivity contribution is -0.0360. The van der Waals surface area contributed by atoms with Crippen LogP contribution in [0.2, 0.25) is 0 Å². The standard InChI is InChI=1S/C39H51FN8O5/c1-8-48(24(2)3)36(49)29-15-27(40)9-10-32(29)52-35-34(42-23-43-44-35)47-21-39(22-47)16-28(17-39)51-33-11-13-41-31-12-14-45(20-30(31)33)25(4)26-18-46(19-26)37(50)53-38(5,6)7/h9-11,13,15,23-26,28H,8,12,14,16-22H2,1-7H3. The largest absolute Gasteiger partial charge is 0.490 e. The van der Waals surface area contributed by atoms with Gasteiger partial charge in [0.05, 0.1) is 5.56 Å². The van der Waals surface area contributed by atoms with Crippen LogP contribution in [0.25, 0.3) is 0 Å². The monoisotopic (exact) mass is 730 g/mol. The number of carbonyl (C=O) groups excluding carboxylic acids is 2. The van der Waals surface area contributed by atoms with Crippen LogP contribution < -0.4 is 14.4 Å². The Kier molecular flexibility index (Phi) is 9.94. The summed E-state index contributed by atoms with van der Waals surface area (Å²) in [5.41, 5.74) is 1.98. The lowest BCUT2D eigenvalue weighted by atomic mass is 9.61.